The quantitative estimate of drug-likeness (QED) is 0.754. The number of primary amides is 1. The second kappa shape index (κ2) is 4.16. The highest BCUT2D eigenvalue weighted by Crippen LogP contribution is 2.21. The molecule has 0 fully saturated rings. The zero-order chi connectivity index (χ0) is 11.6. The summed E-state index contributed by atoms with van der Waals surface area (Å²) < 4.78 is 57.0. The van der Waals surface area contributed by atoms with Crippen molar-refractivity contribution < 1.29 is 26.4 Å². The summed E-state index contributed by atoms with van der Waals surface area (Å²) in [6.07, 6.45) is -6.02. The van der Waals surface area contributed by atoms with Gasteiger partial charge in [0.15, 0.2) is 9.84 Å². The lowest BCUT2D eigenvalue weighted by Gasteiger charge is -2.10. The van der Waals surface area contributed by atoms with Crippen LogP contribution in [-0.4, -0.2) is 31.5 Å². The third-order valence-electron chi connectivity index (χ3n) is 1.61. The lowest BCUT2D eigenvalue weighted by atomic mass is 10.5. The highest BCUT2D eigenvalue weighted by molar-refractivity contribution is 7.92. The molecule has 0 rings (SSSR count). The normalized spacial score (nSPS) is 15.1. The van der Waals surface area contributed by atoms with E-state index in [1.807, 2.05) is 0 Å². The van der Waals surface area contributed by atoms with Gasteiger partial charge in [-0.15, -0.1) is 0 Å². The largest absolute Gasteiger partial charge is 0.390 e. The molecule has 0 heterocycles. The van der Waals surface area contributed by atoms with E-state index in [-0.39, 0.29) is 0 Å². The Labute approximate surface area is 79.2 Å². The number of amides is 1. The summed E-state index contributed by atoms with van der Waals surface area (Å²) in [6, 6.07) is 0. The van der Waals surface area contributed by atoms with Gasteiger partial charge < -0.3 is 5.73 Å². The fourth-order valence-corrected chi connectivity index (χ4v) is 1.84. The molecule has 4 nitrogen and oxygen atoms in total. The fourth-order valence-electron chi connectivity index (χ4n) is 0.612. The average molecular weight is 233 g/mol. The number of sulfone groups is 1. The van der Waals surface area contributed by atoms with E-state index < -0.39 is 39.3 Å². The summed E-state index contributed by atoms with van der Waals surface area (Å²) in [6.45, 7) is 0.966. The van der Waals surface area contributed by atoms with Crippen molar-refractivity contribution in [1.29, 1.82) is 0 Å². The molecule has 8 heteroatoms. The summed E-state index contributed by atoms with van der Waals surface area (Å²) in [5, 5.41) is -1.58. The molecule has 0 aromatic carbocycles. The van der Waals surface area contributed by atoms with Crippen LogP contribution >= 0.6 is 0 Å². The molecule has 0 aliphatic carbocycles. The number of alkyl halides is 3. The average Bonchev–Trinajstić information content (AvgIpc) is 1.98. The van der Waals surface area contributed by atoms with Crippen LogP contribution in [0.5, 0.6) is 0 Å². The van der Waals surface area contributed by atoms with Crippen LogP contribution < -0.4 is 5.73 Å². The van der Waals surface area contributed by atoms with Crippen LogP contribution in [-0.2, 0) is 14.6 Å². The molecule has 1 atom stereocenters. The number of carbonyl (C=O) groups is 1. The van der Waals surface area contributed by atoms with Crippen molar-refractivity contribution in [2.24, 2.45) is 5.73 Å². The SMILES string of the molecule is CC(C(N)=O)S(=O)(=O)CCC(F)(F)F. The van der Waals surface area contributed by atoms with Gasteiger partial charge in [-0.2, -0.15) is 13.2 Å². The van der Waals surface area contributed by atoms with E-state index >= 15 is 0 Å². The minimum Gasteiger partial charge on any atom is -0.369 e. The summed E-state index contributed by atoms with van der Waals surface area (Å²) in [7, 11) is -4.09. The number of rotatable bonds is 4. The van der Waals surface area contributed by atoms with Gasteiger partial charge in [-0.1, -0.05) is 0 Å². The Morgan fingerprint density at radius 2 is 1.86 bits per heavy atom. The van der Waals surface area contributed by atoms with Gasteiger partial charge in [-0.05, 0) is 6.92 Å². The van der Waals surface area contributed by atoms with Crippen molar-refractivity contribution in [1.82, 2.24) is 0 Å². The van der Waals surface area contributed by atoms with Crippen molar-refractivity contribution in [3.63, 3.8) is 0 Å². The first kappa shape index (κ1) is 13.2. The summed E-state index contributed by atoms with van der Waals surface area (Å²) >= 11 is 0. The first-order valence-electron chi connectivity index (χ1n) is 3.64. The zero-order valence-electron chi connectivity index (χ0n) is 7.34. The van der Waals surface area contributed by atoms with Gasteiger partial charge in [-0.3, -0.25) is 4.79 Å². The Bertz CT molecular complexity index is 309. The van der Waals surface area contributed by atoms with E-state index in [1.165, 1.54) is 0 Å². The van der Waals surface area contributed by atoms with Crippen LogP contribution in [0.1, 0.15) is 13.3 Å². The molecule has 2 N–H and O–H groups in total. The van der Waals surface area contributed by atoms with Gasteiger partial charge in [0, 0.05) is 0 Å². The second-order valence-electron chi connectivity index (χ2n) is 2.78. The monoisotopic (exact) mass is 233 g/mol. The lowest BCUT2D eigenvalue weighted by Crippen LogP contribution is -2.35. The Morgan fingerprint density at radius 1 is 1.43 bits per heavy atom. The predicted octanol–water partition coefficient (Wildman–Crippen LogP) is 0.227. The molecule has 0 aliphatic heterocycles. The standard InChI is InChI=1S/C6H10F3NO3S/c1-4(5(10)11)14(12,13)3-2-6(7,8)9/h4H,2-3H2,1H3,(H2,10,11). The molecule has 84 valence electrons. The van der Waals surface area contributed by atoms with Gasteiger partial charge in [0.1, 0.15) is 5.25 Å². The van der Waals surface area contributed by atoms with E-state index in [4.69, 9.17) is 0 Å². The fraction of sp³-hybridized carbons (Fsp3) is 0.833. The summed E-state index contributed by atoms with van der Waals surface area (Å²) in [5.41, 5.74) is 4.66. The number of carbonyl (C=O) groups excluding carboxylic acids is 1. The molecule has 14 heavy (non-hydrogen) atoms. The van der Waals surface area contributed by atoms with E-state index in [9.17, 15) is 26.4 Å². The molecule has 0 spiro atoms. The highest BCUT2D eigenvalue weighted by atomic mass is 32.2. The van der Waals surface area contributed by atoms with Crippen LogP contribution in [0.4, 0.5) is 13.2 Å². The summed E-state index contributed by atoms with van der Waals surface area (Å²) in [4.78, 5) is 10.4. The molecule has 0 radical (unpaired) electrons. The maximum atomic E-state index is 11.7. The summed E-state index contributed by atoms with van der Waals surface area (Å²) in [5.74, 6) is -2.26. The van der Waals surface area contributed by atoms with Crippen molar-refractivity contribution in [3.8, 4) is 0 Å². The second-order valence-corrected chi connectivity index (χ2v) is 5.22. The van der Waals surface area contributed by atoms with Gasteiger partial charge in [0.25, 0.3) is 0 Å². The molecule has 0 bridgehead atoms. The third kappa shape index (κ3) is 4.45. The van der Waals surface area contributed by atoms with Gasteiger partial charge in [0.2, 0.25) is 5.91 Å². The van der Waals surface area contributed by atoms with Crippen molar-refractivity contribution >= 4 is 15.7 Å². The molecule has 0 aliphatic rings. The van der Waals surface area contributed by atoms with Crippen LogP contribution in [0.15, 0.2) is 0 Å². The Hall–Kier alpha value is -0.790. The van der Waals surface area contributed by atoms with Crippen LogP contribution in [0.2, 0.25) is 0 Å². The van der Waals surface area contributed by atoms with Crippen LogP contribution in [0.25, 0.3) is 0 Å². The highest BCUT2D eigenvalue weighted by Gasteiger charge is 2.33. The molecule has 0 saturated carbocycles. The molecular weight excluding hydrogens is 223 g/mol. The van der Waals surface area contributed by atoms with Crippen molar-refractivity contribution in [2.45, 2.75) is 24.8 Å². The molecule has 0 aromatic rings. The zero-order valence-corrected chi connectivity index (χ0v) is 8.15. The smallest absolute Gasteiger partial charge is 0.369 e. The lowest BCUT2D eigenvalue weighted by molar-refractivity contribution is -0.130. The van der Waals surface area contributed by atoms with Gasteiger partial charge in [-0.25, -0.2) is 8.42 Å². The van der Waals surface area contributed by atoms with Crippen molar-refractivity contribution in [2.75, 3.05) is 5.75 Å². The van der Waals surface area contributed by atoms with E-state index in [0.717, 1.165) is 6.92 Å². The predicted molar refractivity (Wildman–Crippen MR) is 43.1 cm³/mol. The Morgan fingerprint density at radius 3 is 2.14 bits per heavy atom. The number of nitrogens with two attached hydrogens (primary N) is 1. The molecule has 1 unspecified atom stereocenters. The van der Waals surface area contributed by atoms with Crippen LogP contribution in [0, 0.1) is 0 Å². The van der Waals surface area contributed by atoms with E-state index in [1.54, 1.807) is 0 Å². The minimum absolute atomic E-state index is 0.966. The molecular formula is C6H10F3NO3S. The minimum atomic E-state index is -4.55. The molecule has 0 aromatic heterocycles. The molecule has 0 saturated heterocycles. The first-order chi connectivity index (χ1) is 6.06. The maximum Gasteiger partial charge on any atom is 0.390 e. The van der Waals surface area contributed by atoms with Crippen molar-refractivity contribution in [3.05, 3.63) is 0 Å². The first-order valence-corrected chi connectivity index (χ1v) is 5.35. The van der Waals surface area contributed by atoms with Gasteiger partial charge >= 0.3 is 6.18 Å². The Balaban J connectivity index is 4.45. The number of halogens is 3. The Kier molecular flexibility index (Phi) is 3.92. The van der Waals surface area contributed by atoms with Gasteiger partial charge in [0.05, 0.1) is 12.2 Å². The van der Waals surface area contributed by atoms with E-state index in [2.05, 4.69) is 5.73 Å². The maximum absolute atomic E-state index is 11.7. The number of hydrogen-bond acceptors (Lipinski definition) is 3. The number of hydrogen-bond donors (Lipinski definition) is 1. The van der Waals surface area contributed by atoms with E-state index in [0.29, 0.717) is 0 Å². The van der Waals surface area contributed by atoms with Crippen LogP contribution in [0.3, 0.4) is 0 Å². The third-order valence-corrected chi connectivity index (χ3v) is 3.69. The topological polar surface area (TPSA) is 77.2 Å². The molecule has 1 amide bonds.